The maximum atomic E-state index is 12.1. The van der Waals surface area contributed by atoms with Gasteiger partial charge in [0.05, 0.1) is 6.04 Å². The Morgan fingerprint density at radius 2 is 1.96 bits per heavy atom. The van der Waals surface area contributed by atoms with Crippen LogP contribution >= 0.6 is 0 Å². The topological polar surface area (TPSA) is 32.8 Å². The first-order valence-corrected chi connectivity index (χ1v) is 9.29. The number of fused-ring (bicyclic) bond motifs is 3. The van der Waals surface area contributed by atoms with E-state index in [-0.39, 0.29) is 11.6 Å². The van der Waals surface area contributed by atoms with Gasteiger partial charge in [0.1, 0.15) is 0 Å². The summed E-state index contributed by atoms with van der Waals surface area (Å²) >= 11 is 0. The number of hydrogen-bond donors (Lipinski definition) is 0. The van der Waals surface area contributed by atoms with E-state index >= 15 is 0 Å². The summed E-state index contributed by atoms with van der Waals surface area (Å²) < 4.78 is 5.92. The molecule has 2 bridgehead atoms. The Hall–Kier alpha value is -2.07. The molecule has 1 aromatic carbocycles. The summed E-state index contributed by atoms with van der Waals surface area (Å²) in [6, 6.07) is 9.47. The number of carbonyl (C=O) groups excluding carboxylic acids is 1. The molecule has 4 nitrogen and oxygen atoms in total. The van der Waals surface area contributed by atoms with Gasteiger partial charge in [-0.05, 0) is 48.7 Å². The minimum atomic E-state index is -0.380. The van der Waals surface area contributed by atoms with Crippen molar-refractivity contribution in [3.63, 3.8) is 0 Å². The van der Waals surface area contributed by atoms with Crippen molar-refractivity contribution in [1.29, 1.82) is 0 Å². The normalized spacial score (nSPS) is 33.3. The van der Waals surface area contributed by atoms with Crippen LogP contribution in [0, 0.1) is 0 Å². The highest BCUT2D eigenvalue weighted by atomic mass is 16.6. The van der Waals surface area contributed by atoms with E-state index in [1.165, 1.54) is 29.7 Å². The van der Waals surface area contributed by atoms with Crippen LogP contribution in [-0.4, -0.2) is 49.2 Å². The lowest BCUT2D eigenvalue weighted by Crippen LogP contribution is -2.48. The van der Waals surface area contributed by atoms with E-state index in [2.05, 4.69) is 54.2 Å². The molecule has 2 fully saturated rings. The Labute approximate surface area is 148 Å². The quantitative estimate of drug-likeness (QED) is 0.777. The largest absolute Gasteiger partial charge is 0.449 e. The number of benzene rings is 1. The number of piperidine rings is 1. The van der Waals surface area contributed by atoms with Crippen molar-refractivity contribution < 1.29 is 9.53 Å². The molecule has 0 aromatic heterocycles. The zero-order valence-electron chi connectivity index (χ0n) is 14.9. The van der Waals surface area contributed by atoms with Crippen molar-refractivity contribution in [3.8, 4) is 0 Å². The molecular formula is C21H24N2O2. The minimum Gasteiger partial charge on any atom is -0.449 e. The van der Waals surface area contributed by atoms with Gasteiger partial charge in [-0.15, -0.1) is 0 Å². The number of nitrogens with zero attached hydrogens (tertiary/aromatic N) is 2. The standard InChI is InChI=1S/C21H24N2O2/c1-22(2)16-8-6-14(7-9-16)17-11-15-12-20(24)25-21(15)13-18(17)23-10-4-3-5-19(21)23/h6-9,11-12,18-19H,3-5,10,13H2,1-2H3/t18-,19+,21-/m0/s1. The number of hydrogen-bond acceptors (Lipinski definition) is 4. The fraction of sp³-hybridized carbons (Fsp3) is 0.476. The van der Waals surface area contributed by atoms with Crippen LogP contribution in [0.5, 0.6) is 0 Å². The van der Waals surface area contributed by atoms with Crippen LogP contribution in [0.4, 0.5) is 5.69 Å². The molecule has 1 spiro atoms. The summed E-state index contributed by atoms with van der Waals surface area (Å²) in [5, 5.41) is 0. The van der Waals surface area contributed by atoms with Crippen molar-refractivity contribution in [3.05, 3.63) is 47.6 Å². The third-order valence-corrected chi connectivity index (χ3v) is 6.41. The highest BCUT2D eigenvalue weighted by molar-refractivity contribution is 5.91. The minimum absolute atomic E-state index is 0.165. The van der Waals surface area contributed by atoms with Gasteiger partial charge in [-0.1, -0.05) is 18.6 Å². The van der Waals surface area contributed by atoms with Crippen LogP contribution < -0.4 is 4.90 Å². The van der Waals surface area contributed by atoms with Gasteiger partial charge in [0, 0.05) is 43.9 Å². The van der Waals surface area contributed by atoms with Crippen molar-refractivity contribution in [2.75, 3.05) is 25.5 Å². The monoisotopic (exact) mass is 336 g/mol. The third kappa shape index (κ3) is 2.07. The summed E-state index contributed by atoms with van der Waals surface area (Å²) in [5.41, 5.74) is 4.52. The van der Waals surface area contributed by atoms with E-state index < -0.39 is 0 Å². The average molecular weight is 336 g/mol. The van der Waals surface area contributed by atoms with E-state index in [9.17, 15) is 4.79 Å². The van der Waals surface area contributed by atoms with Crippen LogP contribution in [0.25, 0.3) is 5.57 Å². The molecule has 2 saturated heterocycles. The molecule has 130 valence electrons. The number of rotatable bonds is 2. The van der Waals surface area contributed by atoms with Gasteiger partial charge < -0.3 is 9.64 Å². The fourth-order valence-corrected chi connectivity index (χ4v) is 5.25. The molecule has 1 aliphatic carbocycles. The first-order chi connectivity index (χ1) is 12.1. The number of ether oxygens (including phenoxy) is 1. The molecule has 0 N–H and O–H groups in total. The smallest absolute Gasteiger partial charge is 0.332 e. The maximum Gasteiger partial charge on any atom is 0.332 e. The molecular weight excluding hydrogens is 312 g/mol. The van der Waals surface area contributed by atoms with Gasteiger partial charge in [-0.3, -0.25) is 4.90 Å². The van der Waals surface area contributed by atoms with Crippen LogP contribution in [0.2, 0.25) is 0 Å². The van der Waals surface area contributed by atoms with E-state index in [4.69, 9.17) is 4.74 Å². The highest BCUT2D eigenvalue weighted by Crippen LogP contribution is 2.55. The van der Waals surface area contributed by atoms with Crippen molar-refractivity contribution in [2.24, 2.45) is 0 Å². The molecule has 4 aliphatic rings. The lowest BCUT2D eigenvalue weighted by atomic mass is 9.77. The lowest BCUT2D eigenvalue weighted by Gasteiger charge is -2.37. The molecule has 3 atom stereocenters. The Morgan fingerprint density at radius 1 is 1.16 bits per heavy atom. The number of carbonyl (C=O) groups is 1. The number of anilines is 1. The zero-order chi connectivity index (χ0) is 17.2. The van der Waals surface area contributed by atoms with E-state index in [1.807, 2.05) is 0 Å². The van der Waals surface area contributed by atoms with Crippen molar-refractivity contribution in [1.82, 2.24) is 4.90 Å². The summed E-state index contributed by atoms with van der Waals surface area (Å²) in [6.07, 6.45) is 8.47. The first-order valence-electron chi connectivity index (χ1n) is 9.29. The van der Waals surface area contributed by atoms with Gasteiger partial charge in [0.15, 0.2) is 5.60 Å². The SMILES string of the molecule is CN(C)c1ccc(C2=CC3=CC(=O)O[C@@]34C[C@@H]2N2CCCC[C@@H]24)cc1. The van der Waals surface area contributed by atoms with Gasteiger partial charge >= 0.3 is 5.97 Å². The molecule has 5 rings (SSSR count). The average Bonchev–Trinajstić information content (AvgIpc) is 3.10. The van der Waals surface area contributed by atoms with E-state index in [0.29, 0.717) is 12.1 Å². The summed E-state index contributed by atoms with van der Waals surface area (Å²) in [7, 11) is 4.12. The Bertz CT molecular complexity index is 793. The zero-order valence-corrected chi connectivity index (χ0v) is 14.9. The third-order valence-electron chi connectivity index (χ3n) is 6.41. The van der Waals surface area contributed by atoms with Crippen LogP contribution in [0.3, 0.4) is 0 Å². The second-order valence-electron chi connectivity index (χ2n) is 7.92. The molecule has 0 radical (unpaired) electrons. The molecule has 0 saturated carbocycles. The molecule has 4 heteroatoms. The van der Waals surface area contributed by atoms with Gasteiger partial charge in [0.2, 0.25) is 0 Å². The summed E-state index contributed by atoms with van der Waals surface area (Å²) in [5.74, 6) is -0.165. The first kappa shape index (κ1) is 15.2. The Balaban J connectivity index is 1.60. The van der Waals surface area contributed by atoms with E-state index in [1.54, 1.807) is 6.08 Å². The van der Waals surface area contributed by atoms with Gasteiger partial charge in [-0.2, -0.15) is 0 Å². The summed E-state index contributed by atoms with van der Waals surface area (Å²) in [6.45, 7) is 1.11. The van der Waals surface area contributed by atoms with Gasteiger partial charge in [0.25, 0.3) is 0 Å². The van der Waals surface area contributed by atoms with Crippen LogP contribution in [0.1, 0.15) is 31.2 Å². The number of esters is 1. The fourth-order valence-electron chi connectivity index (χ4n) is 5.25. The predicted molar refractivity (Wildman–Crippen MR) is 98.4 cm³/mol. The lowest BCUT2D eigenvalue weighted by molar-refractivity contribution is -0.148. The Morgan fingerprint density at radius 3 is 2.72 bits per heavy atom. The molecule has 1 aromatic rings. The molecule has 25 heavy (non-hydrogen) atoms. The van der Waals surface area contributed by atoms with Crippen molar-refractivity contribution in [2.45, 2.75) is 43.4 Å². The van der Waals surface area contributed by atoms with Crippen molar-refractivity contribution >= 4 is 17.2 Å². The van der Waals surface area contributed by atoms with Gasteiger partial charge in [-0.25, -0.2) is 4.79 Å². The molecule has 0 amide bonds. The maximum absolute atomic E-state index is 12.1. The Kier molecular flexibility index (Phi) is 3.17. The molecule has 0 unspecified atom stereocenters. The highest BCUT2D eigenvalue weighted by Gasteiger charge is 2.61. The second kappa shape index (κ2) is 5.21. The molecule has 3 aliphatic heterocycles. The predicted octanol–water partition coefficient (Wildman–Crippen LogP) is 3.00. The molecule has 3 heterocycles. The van der Waals surface area contributed by atoms with E-state index in [0.717, 1.165) is 25.0 Å². The van der Waals surface area contributed by atoms with Crippen LogP contribution in [0.15, 0.2) is 42.0 Å². The summed E-state index contributed by atoms with van der Waals surface area (Å²) in [4.78, 5) is 16.8. The van der Waals surface area contributed by atoms with Crippen LogP contribution in [-0.2, 0) is 9.53 Å². The second-order valence-corrected chi connectivity index (χ2v) is 7.92.